The average molecular weight is 248 g/mol. The van der Waals surface area contributed by atoms with Crippen molar-refractivity contribution in [2.75, 3.05) is 7.11 Å². The van der Waals surface area contributed by atoms with E-state index in [4.69, 9.17) is 4.74 Å². The lowest BCUT2D eigenvalue weighted by molar-refractivity contribution is 0.413. The summed E-state index contributed by atoms with van der Waals surface area (Å²) in [5.41, 5.74) is 5.97. The zero-order chi connectivity index (χ0) is 13.2. The van der Waals surface area contributed by atoms with Crippen molar-refractivity contribution in [3.8, 4) is 5.75 Å². The van der Waals surface area contributed by atoms with Gasteiger partial charge >= 0.3 is 0 Å². The first-order valence-corrected chi connectivity index (χ1v) is 6.41. The zero-order valence-electron chi connectivity index (χ0n) is 11.2. The quantitative estimate of drug-likeness (QED) is 0.608. The van der Waals surface area contributed by atoms with E-state index < -0.39 is 0 Å². The molecule has 0 N–H and O–H groups in total. The Hall–Kier alpha value is -2.28. The van der Waals surface area contributed by atoms with Crippen LogP contribution >= 0.6 is 0 Å². The summed E-state index contributed by atoms with van der Waals surface area (Å²) in [5.74, 6) is 0.913. The summed E-state index contributed by atoms with van der Waals surface area (Å²) < 4.78 is 5.48. The maximum absolute atomic E-state index is 5.48. The fourth-order valence-electron chi connectivity index (χ4n) is 2.30. The molecule has 4 aliphatic carbocycles. The molecule has 0 saturated heterocycles. The lowest BCUT2D eigenvalue weighted by Crippen LogP contribution is -1.91. The Morgan fingerprint density at radius 1 is 0.737 bits per heavy atom. The van der Waals surface area contributed by atoms with Crippen LogP contribution in [0, 0.1) is 6.92 Å². The molecule has 0 spiro atoms. The first kappa shape index (κ1) is 11.8. The van der Waals surface area contributed by atoms with E-state index in [0.717, 1.165) is 11.3 Å². The molecular formula is C18H16O. The predicted molar refractivity (Wildman–Crippen MR) is 82.0 cm³/mol. The Kier molecular flexibility index (Phi) is 2.96. The topological polar surface area (TPSA) is 9.23 Å². The molecule has 2 aromatic carbocycles. The van der Waals surface area contributed by atoms with Gasteiger partial charge in [-0.15, -0.1) is 0 Å². The van der Waals surface area contributed by atoms with Crippen molar-refractivity contribution in [2.45, 2.75) is 6.92 Å². The van der Waals surface area contributed by atoms with Gasteiger partial charge in [0.1, 0.15) is 5.75 Å². The third-order valence-corrected chi connectivity index (χ3v) is 3.47. The van der Waals surface area contributed by atoms with Crippen LogP contribution in [0.4, 0.5) is 0 Å². The number of hydrogen-bond acceptors (Lipinski definition) is 1. The lowest BCUT2D eigenvalue weighted by atomic mass is 10.00. The van der Waals surface area contributed by atoms with Crippen LogP contribution in [0.3, 0.4) is 0 Å². The Bertz CT molecular complexity index is 661. The SMILES string of the molecule is COc1cc2c(C)cc1C=Cc1ccc(cc1)C=C2. The van der Waals surface area contributed by atoms with Crippen molar-refractivity contribution in [3.63, 3.8) is 0 Å². The summed E-state index contributed by atoms with van der Waals surface area (Å²) in [7, 11) is 1.72. The van der Waals surface area contributed by atoms with Gasteiger partial charge in [-0.1, -0.05) is 48.6 Å². The molecule has 0 heterocycles. The molecule has 0 amide bonds. The van der Waals surface area contributed by atoms with E-state index in [2.05, 4.69) is 67.6 Å². The highest BCUT2D eigenvalue weighted by Gasteiger charge is 2.05. The highest BCUT2D eigenvalue weighted by Crippen LogP contribution is 2.27. The average Bonchev–Trinajstić information content (AvgIpc) is 2.43. The molecule has 1 nitrogen and oxygen atoms in total. The zero-order valence-corrected chi connectivity index (χ0v) is 11.2. The van der Waals surface area contributed by atoms with E-state index >= 15 is 0 Å². The van der Waals surface area contributed by atoms with Crippen molar-refractivity contribution < 1.29 is 4.74 Å². The molecule has 6 rings (SSSR count). The highest BCUT2D eigenvalue weighted by molar-refractivity contribution is 5.79. The van der Waals surface area contributed by atoms with Gasteiger partial charge in [-0.05, 0) is 41.3 Å². The monoisotopic (exact) mass is 248 g/mol. The molecule has 0 saturated carbocycles. The normalized spacial score (nSPS) is 12.3. The largest absolute Gasteiger partial charge is 0.496 e. The van der Waals surface area contributed by atoms with Crippen LogP contribution < -0.4 is 4.74 Å². The van der Waals surface area contributed by atoms with Crippen molar-refractivity contribution in [1.29, 1.82) is 0 Å². The minimum absolute atomic E-state index is 0.913. The Labute approximate surface area is 113 Å². The molecule has 0 radical (unpaired) electrons. The van der Waals surface area contributed by atoms with Gasteiger partial charge in [0.05, 0.1) is 7.11 Å². The number of methoxy groups -OCH3 is 1. The Balaban J connectivity index is 2.24. The second-order valence-electron chi connectivity index (χ2n) is 4.78. The smallest absolute Gasteiger partial charge is 0.126 e. The molecule has 0 unspecified atom stereocenters. The third kappa shape index (κ3) is 2.32. The minimum Gasteiger partial charge on any atom is -0.496 e. The second-order valence-corrected chi connectivity index (χ2v) is 4.78. The van der Waals surface area contributed by atoms with E-state index in [9.17, 15) is 0 Å². The summed E-state index contributed by atoms with van der Waals surface area (Å²) in [5, 5.41) is 0. The molecule has 0 fully saturated rings. The molecular weight excluding hydrogens is 232 g/mol. The first-order valence-electron chi connectivity index (χ1n) is 6.41. The van der Waals surface area contributed by atoms with E-state index in [-0.39, 0.29) is 0 Å². The van der Waals surface area contributed by atoms with E-state index in [0.29, 0.717) is 0 Å². The summed E-state index contributed by atoms with van der Waals surface area (Å²) in [6.07, 6.45) is 8.50. The van der Waals surface area contributed by atoms with Crippen LogP contribution in [0.5, 0.6) is 5.75 Å². The maximum Gasteiger partial charge on any atom is 0.126 e. The van der Waals surface area contributed by atoms with Crippen molar-refractivity contribution in [3.05, 3.63) is 64.2 Å². The summed E-state index contributed by atoms with van der Waals surface area (Å²) >= 11 is 0. The summed E-state index contributed by atoms with van der Waals surface area (Å²) in [6, 6.07) is 12.8. The van der Waals surface area contributed by atoms with E-state index in [1.165, 1.54) is 22.3 Å². The Morgan fingerprint density at radius 3 is 1.89 bits per heavy atom. The van der Waals surface area contributed by atoms with Crippen molar-refractivity contribution >= 4 is 24.3 Å². The fourth-order valence-corrected chi connectivity index (χ4v) is 2.30. The molecule has 0 atom stereocenters. The number of aryl methyl sites for hydroxylation is 1. The second kappa shape index (κ2) is 4.77. The highest BCUT2D eigenvalue weighted by atomic mass is 16.5. The molecule has 2 aromatic rings. The number of hydrogen-bond donors (Lipinski definition) is 0. The molecule has 0 aliphatic heterocycles. The first-order chi connectivity index (χ1) is 9.26. The van der Waals surface area contributed by atoms with Gasteiger partial charge in [-0.3, -0.25) is 0 Å². The van der Waals surface area contributed by atoms with Gasteiger partial charge in [0.15, 0.2) is 0 Å². The molecule has 19 heavy (non-hydrogen) atoms. The van der Waals surface area contributed by atoms with Gasteiger partial charge in [0.2, 0.25) is 0 Å². The molecule has 0 aromatic heterocycles. The van der Waals surface area contributed by atoms with Crippen molar-refractivity contribution in [1.82, 2.24) is 0 Å². The number of ether oxygens (including phenoxy) is 1. The van der Waals surface area contributed by atoms with E-state index in [1.807, 2.05) is 0 Å². The van der Waals surface area contributed by atoms with Gasteiger partial charge in [-0.25, -0.2) is 0 Å². The van der Waals surface area contributed by atoms with Crippen LogP contribution in [0.1, 0.15) is 27.8 Å². The van der Waals surface area contributed by atoms with Crippen LogP contribution in [0.2, 0.25) is 0 Å². The van der Waals surface area contributed by atoms with Gasteiger partial charge in [-0.2, -0.15) is 0 Å². The molecule has 1 heteroatoms. The summed E-state index contributed by atoms with van der Waals surface area (Å²) in [6.45, 7) is 2.13. The molecule has 4 bridgehead atoms. The summed E-state index contributed by atoms with van der Waals surface area (Å²) in [4.78, 5) is 0. The fraction of sp³-hybridized carbons (Fsp3) is 0.111. The standard InChI is InChI=1S/C18H16O/c1-13-11-17-10-8-15-5-3-14(4-6-15)7-9-16(13)12-18(17)19-2/h3-12H,1-2H3. The van der Waals surface area contributed by atoms with Crippen LogP contribution in [-0.2, 0) is 0 Å². The Morgan fingerprint density at radius 2 is 1.32 bits per heavy atom. The van der Waals surface area contributed by atoms with Crippen molar-refractivity contribution in [2.24, 2.45) is 0 Å². The van der Waals surface area contributed by atoms with Gasteiger partial charge in [0, 0.05) is 5.56 Å². The maximum atomic E-state index is 5.48. The number of benzene rings is 2. The van der Waals surface area contributed by atoms with Crippen LogP contribution in [0.15, 0.2) is 36.4 Å². The van der Waals surface area contributed by atoms with Gasteiger partial charge in [0.25, 0.3) is 0 Å². The lowest BCUT2D eigenvalue weighted by Gasteiger charge is -2.10. The third-order valence-electron chi connectivity index (χ3n) is 3.47. The molecule has 94 valence electrons. The van der Waals surface area contributed by atoms with Crippen LogP contribution in [0.25, 0.3) is 24.3 Å². The number of rotatable bonds is 1. The minimum atomic E-state index is 0.913. The molecule has 4 aliphatic rings. The van der Waals surface area contributed by atoms with Crippen LogP contribution in [-0.4, -0.2) is 7.11 Å². The van der Waals surface area contributed by atoms with Gasteiger partial charge < -0.3 is 4.74 Å². The van der Waals surface area contributed by atoms with E-state index in [1.54, 1.807) is 7.11 Å². The predicted octanol–water partition coefficient (Wildman–Crippen LogP) is 4.66.